The van der Waals surface area contributed by atoms with Crippen molar-refractivity contribution in [3.63, 3.8) is 0 Å². The minimum Gasteiger partial charge on any atom is -0.491 e. The van der Waals surface area contributed by atoms with E-state index in [0.29, 0.717) is 24.5 Å². The third-order valence-electron chi connectivity index (χ3n) is 2.54. The molecule has 6 heteroatoms. The summed E-state index contributed by atoms with van der Waals surface area (Å²) in [6.45, 7) is 4.41. The molecule has 1 aromatic carbocycles. The highest BCUT2D eigenvalue weighted by atomic mass is 32.2. The van der Waals surface area contributed by atoms with Gasteiger partial charge >= 0.3 is 0 Å². The van der Waals surface area contributed by atoms with E-state index in [-0.39, 0.29) is 4.90 Å². The molecule has 0 unspecified atom stereocenters. The monoisotopic (exact) mass is 259 g/mol. The summed E-state index contributed by atoms with van der Waals surface area (Å²) < 4.78 is 32.9. The van der Waals surface area contributed by atoms with Crippen LogP contribution in [0.25, 0.3) is 0 Å². The molecule has 5 nitrogen and oxygen atoms in total. The number of methoxy groups -OCH3 is 1. The van der Waals surface area contributed by atoms with Crippen LogP contribution in [0.2, 0.25) is 0 Å². The molecule has 2 N–H and O–H groups in total. The van der Waals surface area contributed by atoms with Gasteiger partial charge in [0.25, 0.3) is 0 Å². The van der Waals surface area contributed by atoms with Gasteiger partial charge in [-0.05, 0) is 37.1 Å². The van der Waals surface area contributed by atoms with Gasteiger partial charge in [0.15, 0.2) is 0 Å². The summed E-state index contributed by atoms with van der Waals surface area (Å²) in [7, 11) is -2.09. The maximum atomic E-state index is 11.3. The Balaban J connectivity index is 3.03. The summed E-state index contributed by atoms with van der Waals surface area (Å²) in [4.78, 5) is 0.133. The number of primary sulfonamides is 1. The van der Waals surface area contributed by atoms with Crippen molar-refractivity contribution in [1.29, 1.82) is 0 Å². The van der Waals surface area contributed by atoms with Gasteiger partial charge in [0.1, 0.15) is 12.4 Å². The second-order valence-corrected chi connectivity index (χ2v) is 5.23. The predicted octanol–water partition coefficient (Wildman–Crippen LogP) is 0.976. The Hall–Kier alpha value is -1.11. The van der Waals surface area contributed by atoms with Gasteiger partial charge in [-0.2, -0.15) is 0 Å². The van der Waals surface area contributed by atoms with E-state index >= 15 is 0 Å². The number of nitrogens with two attached hydrogens (primary N) is 1. The normalized spacial score (nSPS) is 11.5. The van der Waals surface area contributed by atoms with Crippen LogP contribution in [-0.4, -0.2) is 28.7 Å². The average molecular weight is 259 g/mol. The van der Waals surface area contributed by atoms with Crippen LogP contribution in [0.1, 0.15) is 11.1 Å². The summed E-state index contributed by atoms with van der Waals surface area (Å²) in [6.07, 6.45) is 0. The fourth-order valence-corrected chi connectivity index (χ4v) is 2.31. The number of ether oxygens (including phenoxy) is 2. The second-order valence-electron chi connectivity index (χ2n) is 3.70. The van der Waals surface area contributed by atoms with Crippen LogP contribution in [0, 0.1) is 13.8 Å². The van der Waals surface area contributed by atoms with Crippen LogP contribution in [0.15, 0.2) is 17.0 Å². The molecule has 1 aromatic rings. The van der Waals surface area contributed by atoms with Crippen LogP contribution in [0.5, 0.6) is 5.75 Å². The van der Waals surface area contributed by atoms with Crippen molar-refractivity contribution in [2.24, 2.45) is 5.14 Å². The predicted molar refractivity (Wildman–Crippen MR) is 64.7 cm³/mol. The molecule has 1 rings (SSSR count). The maximum absolute atomic E-state index is 11.3. The average Bonchev–Trinajstić information content (AvgIpc) is 2.23. The quantitative estimate of drug-likeness (QED) is 0.799. The van der Waals surface area contributed by atoms with Crippen molar-refractivity contribution >= 4 is 10.0 Å². The van der Waals surface area contributed by atoms with E-state index in [1.165, 1.54) is 6.07 Å². The van der Waals surface area contributed by atoms with Gasteiger partial charge in [-0.1, -0.05) is 0 Å². The van der Waals surface area contributed by atoms with Crippen LogP contribution in [-0.2, 0) is 14.8 Å². The third-order valence-corrected chi connectivity index (χ3v) is 3.59. The minimum absolute atomic E-state index is 0.133. The van der Waals surface area contributed by atoms with Crippen molar-refractivity contribution in [3.8, 4) is 5.75 Å². The highest BCUT2D eigenvalue weighted by molar-refractivity contribution is 7.89. The highest BCUT2D eigenvalue weighted by Gasteiger charge is 2.15. The molecular formula is C11H17NO4S. The first-order valence-electron chi connectivity index (χ1n) is 5.12. The fourth-order valence-electron chi connectivity index (χ4n) is 1.47. The zero-order valence-corrected chi connectivity index (χ0v) is 11.0. The smallest absolute Gasteiger partial charge is 0.238 e. The van der Waals surface area contributed by atoms with E-state index < -0.39 is 10.0 Å². The van der Waals surface area contributed by atoms with Gasteiger partial charge in [-0.3, -0.25) is 0 Å². The lowest BCUT2D eigenvalue weighted by Gasteiger charge is -2.13. The van der Waals surface area contributed by atoms with Crippen molar-refractivity contribution < 1.29 is 17.9 Å². The standard InChI is InChI=1S/C11H17NO4S/c1-8-9(2)11(17(12,13)14)5-4-10(8)16-7-6-15-3/h4-5H,6-7H2,1-3H3,(H2,12,13,14). The molecular weight excluding hydrogens is 242 g/mol. The molecule has 0 aliphatic carbocycles. The molecule has 0 radical (unpaired) electrons. The molecule has 0 amide bonds. The Labute approximate surface area is 102 Å². The molecule has 0 spiro atoms. The van der Waals surface area contributed by atoms with Crippen LogP contribution in [0.4, 0.5) is 0 Å². The molecule has 96 valence electrons. The molecule has 0 fully saturated rings. The largest absolute Gasteiger partial charge is 0.491 e. The topological polar surface area (TPSA) is 78.6 Å². The molecule has 17 heavy (non-hydrogen) atoms. The summed E-state index contributed by atoms with van der Waals surface area (Å²) >= 11 is 0. The summed E-state index contributed by atoms with van der Waals surface area (Å²) in [5, 5.41) is 5.11. The van der Waals surface area contributed by atoms with Crippen molar-refractivity contribution in [2.45, 2.75) is 18.7 Å². The van der Waals surface area contributed by atoms with E-state index in [1.807, 2.05) is 0 Å². The molecule has 0 aromatic heterocycles. The van der Waals surface area contributed by atoms with Crippen LogP contribution >= 0.6 is 0 Å². The van der Waals surface area contributed by atoms with Gasteiger partial charge < -0.3 is 9.47 Å². The molecule has 0 saturated heterocycles. The zero-order chi connectivity index (χ0) is 13.1. The van der Waals surface area contributed by atoms with E-state index in [0.717, 1.165) is 5.56 Å². The first kappa shape index (κ1) is 14.0. The van der Waals surface area contributed by atoms with Gasteiger partial charge in [0.2, 0.25) is 10.0 Å². The Kier molecular flexibility index (Phi) is 4.50. The lowest BCUT2D eigenvalue weighted by atomic mass is 10.1. The van der Waals surface area contributed by atoms with E-state index in [2.05, 4.69) is 0 Å². The number of hydrogen-bond donors (Lipinski definition) is 1. The molecule has 0 bridgehead atoms. The van der Waals surface area contributed by atoms with Crippen molar-refractivity contribution in [3.05, 3.63) is 23.3 Å². The number of rotatable bonds is 5. The van der Waals surface area contributed by atoms with Gasteiger partial charge in [0, 0.05) is 7.11 Å². The van der Waals surface area contributed by atoms with Crippen molar-refractivity contribution in [1.82, 2.24) is 0 Å². The Morgan fingerprint density at radius 2 is 1.82 bits per heavy atom. The summed E-state index contributed by atoms with van der Waals surface area (Å²) in [6, 6.07) is 3.07. The SMILES string of the molecule is COCCOc1ccc(S(N)(=O)=O)c(C)c1C. The number of hydrogen-bond acceptors (Lipinski definition) is 4. The Morgan fingerprint density at radius 1 is 1.18 bits per heavy atom. The summed E-state index contributed by atoms with van der Waals surface area (Å²) in [5.74, 6) is 0.645. The minimum atomic E-state index is -3.68. The fraction of sp³-hybridized carbons (Fsp3) is 0.455. The lowest BCUT2D eigenvalue weighted by molar-refractivity contribution is 0.146. The molecule has 0 heterocycles. The highest BCUT2D eigenvalue weighted by Crippen LogP contribution is 2.26. The Bertz CT molecular complexity index is 496. The van der Waals surface area contributed by atoms with E-state index in [1.54, 1.807) is 27.0 Å². The van der Waals surface area contributed by atoms with Gasteiger partial charge in [-0.25, -0.2) is 13.6 Å². The Morgan fingerprint density at radius 3 is 2.35 bits per heavy atom. The number of benzene rings is 1. The first-order chi connectivity index (χ1) is 7.88. The first-order valence-corrected chi connectivity index (χ1v) is 6.67. The third kappa shape index (κ3) is 3.42. The maximum Gasteiger partial charge on any atom is 0.238 e. The molecule has 0 aliphatic rings. The van der Waals surface area contributed by atoms with E-state index in [4.69, 9.17) is 14.6 Å². The summed E-state index contributed by atoms with van der Waals surface area (Å²) in [5.41, 5.74) is 1.38. The lowest BCUT2D eigenvalue weighted by Crippen LogP contribution is -2.14. The van der Waals surface area contributed by atoms with Crippen LogP contribution < -0.4 is 9.88 Å². The molecule has 0 atom stereocenters. The van der Waals surface area contributed by atoms with Crippen LogP contribution in [0.3, 0.4) is 0 Å². The number of sulfonamides is 1. The zero-order valence-electron chi connectivity index (χ0n) is 10.2. The van der Waals surface area contributed by atoms with E-state index in [9.17, 15) is 8.42 Å². The van der Waals surface area contributed by atoms with Crippen molar-refractivity contribution in [2.75, 3.05) is 20.3 Å². The van der Waals surface area contributed by atoms with Gasteiger partial charge in [0.05, 0.1) is 11.5 Å². The molecule has 0 saturated carbocycles. The second kappa shape index (κ2) is 5.48. The molecule has 0 aliphatic heterocycles. The van der Waals surface area contributed by atoms with Gasteiger partial charge in [-0.15, -0.1) is 0 Å².